The van der Waals surface area contributed by atoms with Gasteiger partial charge in [0.2, 0.25) is 0 Å². The van der Waals surface area contributed by atoms with Crippen molar-refractivity contribution in [3.63, 3.8) is 0 Å². The molecule has 2 aromatic carbocycles. The molecule has 0 aliphatic rings. The molecule has 1 amide bonds. The summed E-state index contributed by atoms with van der Waals surface area (Å²) in [5, 5.41) is 11.4. The minimum Gasteiger partial charge on any atom is -0.467 e. The van der Waals surface area contributed by atoms with Crippen molar-refractivity contribution in [1.29, 1.82) is 5.26 Å². The molecule has 0 bridgehead atoms. The summed E-state index contributed by atoms with van der Waals surface area (Å²) in [7, 11) is 1.28. The molecule has 1 N–H and O–H groups in total. The van der Waals surface area contributed by atoms with Gasteiger partial charge in [0.25, 0.3) is 0 Å². The van der Waals surface area contributed by atoms with Gasteiger partial charge in [-0.3, -0.25) is 0 Å². The van der Waals surface area contributed by atoms with Crippen LogP contribution in [0.5, 0.6) is 0 Å². The van der Waals surface area contributed by atoms with Crippen molar-refractivity contribution in [1.82, 2.24) is 5.32 Å². The molecule has 0 radical (unpaired) electrons. The quantitative estimate of drug-likeness (QED) is 0.796. The van der Waals surface area contributed by atoms with E-state index < -0.39 is 23.7 Å². The van der Waals surface area contributed by atoms with Crippen LogP contribution in [0, 0.1) is 11.3 Å². The Hall–Kier alpha value is -3.33. The maximum atomic E-state index is 12.0. The number of benzene rings is 2. The van der Waals surface area contributed by atoms with Crippen molar-refractivity contribution in [2.24, 2.45) is 0 Å². The Morgan fingerprint density at radius 3 is 2.04 bits per heavy atom. The van der Waals surface area contributed by atoms with Gasteiger partial charge >= 0.3 is 12.1 Å². The third kappa shape index (κ3) is 6.13. The van der Waals surface area contributed by atoms with Crippen LogP contribution in [0.2, 0.25) is 0 Å². The normalized spacial score (nSPS) is 11.8. The summed E-state index contributed by atoms with van der Waals surface area (Å²) < 4.78 is 10.0. The fourth-order valence-corrected chi connectivity index (χ4v) is 2.59. The Balaban J connectivity index is 2.10. The summed E-state index contributed by atoms with van der Waals surface area (Å²) in [5.41, 5.74) is 2.79. The second kappa shape index (κ2) is 9.05. The molecule has 0 heterocycles. The fraction of sp³-hybridized carbons (Fsp3) is 0.318. The number of carbonyl (C=O) groups is 2. The minimum absolute atomic E-state index is 0.277. The predicted octanol–water partition coefficient (Wildman–Crippen LogP) is 3.83. The lowest BCUT2D eigenvalue weighted by atomic mass is 10.00. The number of hydrogen-bond donors (Lipinski definition) is 1. The molecule has 2 aromatic rings. The maximum absolute atomic E-state index is 12.0. The van der Waals surface area contributed by atoms with Crippen LogP contribution >= 0.6 is 0 Å². The maximum Gasteiger partial charge on any atom is 0.408 e. The van der Waals surface area contributed by atoms with Crippen LogP contribution in [0.1, 0.15) is 31.9 Å². The second-order valence-corrected chi connectivity index (χ2v) is 7.31. The smallest absolute Gasteiger partial charge is 0.408 e. The van der Waals surface area contributed by atoms with Crippen LogP contribution in [0.3, 0.4) is 0 Å². The minimum atomic E-state index is -0.847. The highest BCUT2D eigenvalue weighted by atomic mass is 16.6. The number of rotatable bonds is 5. The number of esters is 1. The summed E-state index contributed by atoms with van der Waals surface area (Å²) >= 11 is 0. The highest BCUT2D eigenvalue weighted by molar-refractivity contribution is 5.81. The zero-order valence-corrected chi connectivity index (χ0v) is 16.5. The zero-order valence-electron chi connectivity index (χ0n) is 16.5. The van der Waals surface area contributed by atoms with E-state index in [1.54, 1.807) is 32.9 Å². The number of ether oxygens (including phenoxy) is 2. The first-order valence-electron chi connectivity index (χ1n) is 8.88. The molecule has 0 aliphatic carbocycles. The standard InChI is InChI=1S/C22H24N2O4/c1-22(2,3)28-21(26)24-19(20(25)27-4)13-15-5-9-17(10-6-15)18-11-7-16(14-23)8-12-18/h5-12,19H,13H2,1-4H3,(H,24,26)/t19-/m0/s1. The van der Waals surface area contributed by atoms with E-state index in [1.165, 1.54) is 7.11 Å². The highest BCUT2D eigenvalue weighted by Gasteiger charge is 2.25. The first kappa shape index (κ1) is 21.0. The molecule has 0 fully saturated rings. The van der Waals surface area contributed by atoms with Gasteiger partial charge in [0, 0.05) is 6.42 Å². The molecule has 0 aromatic heterocycles. The Morgan fingerprint density at radius 1 is 1.04 bits per heavy atom. The van der Waals surface area contributed by atoms with E-state index in [9.17, 15) is 9.59 Å². The van der Waals surface area contributed by atoms with Gasteiger partial charge in [-0.25, -0.2) is 9.59 Å². The third-order valence-electron chi connectivity index (χ3n) is 3.92. The molecule has 28 heavy (non-hydrogen) atoms. The van der Waals surface area contributed by atoms with Crippen LogP contribution in [0.4, 0.5) is 4.79 Å². The monoisotopic (exact) mass is 380 g/mol. The van der Waals surface area contributed by atoms with E-state index in [-0.39, 0.29) is 6.42 Å². The van der Waals surface area contributed by atoms with E-state index in [2.05, 4.69) is 11.4 Å². The number of carbonyl (C=O) groups excluding carboxylic acids is 2. The van der Waals surface area contributed by atoms with Crippen molar-refractivity contribution in [2.75, 3.05) is 7.11 Å². The SMILES string of the molecule is COC(=O)[C@H](Cc1ccc(-c2ccc(C#N)cc2)cc1)NC(=O)OC(C)(C)C. The van der Waals surface area contributed by atoms with Crippen molar-refractivity contribution < 1.29 is 19.1 Å². The molecule has 2 rings (SSSR count). The summed E-state index contributed by atoms with van der Waals surface area (Å²) in [5.74, 6) is -0.540. The summed E-state index contributed by atoms with van der Waals surface area (Å²) in [6.45, 7) is 5.25. The van der Waals surface area contributed by atoms with Crippen LogP contribution in [0.25, 0.3) is 11.1 Å². The van der Waals surface area contributed by atoms with Crippen LogP contribution in [-0.2, 0) is 20.7 Å². The van der Waals surface area contributed by atoms with Crippen molar-refractivity contribution in [3.05, 3.63) is 59.7 Å². The van der Waals surface area contributed by atoms with Crippen LogP contribution in [-0.4, -0.2) is 30.8 Å². The number of hydrogen-bond acceptors (Lipinski definition) is 5. The Labute approximate surface area is 165 Å². The second-order valence-electron chi connectivity index (χ2n) is 7.31. The van der Waals surface area contributed by atoms with Crippen molar-refractivity contribution in [3.8, 4) is 17.2 Å². The van der Waals surface area contributed by atoms with Crippen molar-refractivity contribution in [2.45, 2.75) is 38.8 Å². The van der Waals surface area contributed by atoms with Gasteiger partial charge in [-0.05, 0) is 49.6 Å². The van der Waals surface area contributed by atoms with Gasteiger partial charge in [0.1, 0.15) is 11.6 Å². The number of nitrogens with zero attached hydrogens (tertiary/aromatic N) is 1. The number of amides is 1. The summed E-state index contributed by atoms with van der Waals surface area (Å²) in [4.78, 5) is 24.1. The Morgan fingerprint density at radius 2 is 1.57 bits per heavy atom. The molecule has 1 atom stereocenters. The van der Waals surface area contributed by atoms with E-state index in [0.29, 0.717) is 5.56 Å². The Bertz CT molecular complexity index is 859. The molecule has 0 aliphatic heterocycles. The van der Waals surface area contributed by atoms with Gasteiger partial charge in [-0.2, -0.15) is 5.26 Å². The van der Waals surface area contributed by atoms with Gasteiger partial charge < -0.3 is 14.8 Å². The van der Waals surface area contributed by atoms with E-state index in [1.807, 2.05) is 36.4 Å². The largest absolute Gasteiger partial charge is 0.467 e. The predicted molar refractivity (Wildman–Crippen MR) is 105 cm³/mol. The lowest BCUT2D eigenvalue weighted by Crippen LogP contribution is -2.45. The first-order valence-corrected chi connectivity index (χ1v) is 8.88. The third-order valence-corrected chi connectivity index (χ3v) is 3.92. The van der Waals surface area contributed by atoms with Gasteiger partial charge in [-0.15, -0.1) is 0 Å². The number of methoxy groups -OCH3 is 1. The average molecular weight is 380 g/mol. The average Bonchev–Trinajstić information content (AvgIpc) is 2.66. The van der Waals surface area contributed by atoms with Crippen molar-refractivity contribution >= 4 is 12.1 Å². The molecule has 0 saturated carbocycles. The van der Waals surface area contributed by atoms with Gasteiger partial charge in [0.05, 0.1) is 18.7 Å². The first-order chi connectivity index (χ1) is 13.2. The number of alkyl carbamates (subject to hydrolysis) is 1. The van der Waals surface area contributed by atoms with Crippen LogP contribution < -0.4 is 5.32 Å². The van der Waals surface area contributed by atoms with E-state index >= 15 is 0 Å². The molecule has 6 nitrogen and oxygen atoms in total. The zero-order chi connectivity index (χ0) is 20.7. The highest BCUT2D eigenvalue weighted by Crippen LogP contribution is 2.21. The summed E-state index contributed by atoms with van der Waals surface area (Å²) in [6, 6.07) is 16.2. The topological polar surface area (TPSA) is 88.4 Å². The van der Waals surface area contributed by atoms with E-state index in [4.69, 9.17) is 14.7 Å². The van der Waals surface area contributed by atoms with Gasteiger partial charge in [0.15, 0.2) is 0 Å². The number of nitriles is 1. The molecule has 0 saturated heterocycles. The molecule has 0 unspecified atom stereocenters. The molecule has 0 spiro atoms. The lowest BCUT2D eigenvalue weighted by Gasteiger charge is -2.22. The lowest BCUT2D eigenvalue weighted by molar-refractivity contribution is -0.143. The molecular weight excluding hydrogens is 356 g/mol. The molecular formula is C22H24N2O4. The molecule has 6 heteroatoms. The summed E-state index contributed by atoms with van der Waals surface area (Å²) in [6.07, 6.45) is -0.392. The molecule has 146 valence electrons. The van der Waals surface area contributed by atoms with Crippen LogP contribution in [0.15, 0.2) is 48.5 Å². The number of nitrogens with one attached hydrogen (secondary N) is 1. The van der Waals surface area contributed by atoms with E-state index in [0.717, 1.165) is 16.7 Å². The fourth-order valence-electron chi connectivity index (χ4n) is 2.59. The Kier molecular flexibility index (Phi) is 6.78. The van der Waals surface area contributed by atoms with Gasteiger partial charge in [-0.1, -0.05) is 36.4 Å².